The van der Waals surface area contributed by atoms with Crippen molar-refractivity contribution in [2.75, 3.05) is 7.11 Å². The number of benzene rings is 1. The Morgan fingerprint density at radius 1 is 1.37 bits per heavy atom. The zero-order valence-corrected chi connectivity index (χ0v) is 12.2. The minimum Gasteiger partial charge on any atom is -0.382 e. The monoisotopic (exact) mass is 279 g/mol. The van der Waals surface area contributed by atoms with Crippen molar-refractivity contribution in [3.05, 3.63) is 29.3 Å². The Morgan fingerprint density at radius 2 is 2.16 bits per heavy atom. The third kappa shape index (κ3) is 3.98. The van der Waals surface area contributed by atoms with Crippen LogP contribution in [0.2, 0.25) is 0 Å². The molecule has 0 aliphatic heterocycles. The van der Waals surface area contributed by atoms with Crippen molar-refractivity contribution >= 4 is 21.6 Å². The first kappa shape index (κ1) is 14.4. The van der Waals surface area contributed by atoms with Crippen LogP contribution in [0.15, 0.2) is 24.3 Å². The SMILES string of the molecule is COC(C)CCC(Cc1nc2ccccc2s1)NN. The van der Waals surface area contributed by atoms with Gasteiger partial charge in [-0.05, 0) is 31.9 Å². The second kappa shape index (κ2) is 6.96. The first-order valence-corrected chi connectivity index (χ1v) is 7.38. The number of hydrogen-bond acceptors (Lipinski definition) is 5. The van der Waals surface area contributed by atoms with E-state index < -0.39 is 0 Å². The number of nitrogens with one attached hydrogen (secondary N) is 1. The quantitative estimate of drug-likeness (QED) is 0.604. The third-order valence-corrected chi connectivity index (χ3v) is 4.38. The lowest BCUT2D eigenvalue weighted by Crippen LogP contribution is -2.37. The number of nitrogens with zero attached hydrogens (tertiary/aromatic N) is 1. The average molecular weight is 279 g/mol. The highest BCUT2D eigenvalue weighted by Crippen LogP contribution is 2.23. The summed E-state index contributed by atoms with van der Waals surface area (Å²) in [7, 11) is 1.74. The molecule has 2 unspecified atom stereocenters. The van der Waals surface area contributed by atoms with Crippen LogP contribution in [-0.2, 0) is 11.2 Å². The maximum absolute atomic E-state index is 5.63. The molecule has 2 atom stereocenters. The van der Waals surface area contributed by atoms with Crippen molar-refractivity contribution in [3.63, 3.8) is 0 Å². The van der Waals surface area contributed by atoms with E-state index in [0.717, 1.165) is 29.8 Å². The molecule has 104 valence electrons. The Morgan fingerprint density at radius 3 is 2.84 bits per heavy atom. The van der Waals surface area contributed by atoms with E-state index in [1.807, 2.05) is 18.2 Å². The van der Waals surface area contributed by atoms with Crippen LogP contribution in [0, 0.1) is 0 Å². The maximum Gasteiger partial charge on any atom is 0.0954 e. The number of thiazole rings is 1. The molecule has 0 saturated carbocycles. The van der Waals surface area contributed by atoms with E-state index in [1.165, 1.54) is 4.70 Å². The van der Waals surface area contributed by atoms with Crippen LogP contribution < -0.4 is 11.3 Å². The number of methoxy groups -OCH3 is 1. The molecule has 2 rings (SSSR count). The smallest absolute Gasteiger partial charge is 0.0954 e. The Hall–Kier alpha value is -1.01. The highest BCUT2D eigenvalue weighted by atomic mass is 32.1. The second-order valence-electron chi connectivity index (χ2n) is 4.77. The summed E-state index contributed by atoms with van der Waals surface area (Å²) in [5.41, 5.74) is 3.96. The van der Waals surface area contributed by atoms with Crippen LogP contribution in [0.5, 0.6) is 0 Å². The van der Waals surface area contributed by atoms with Crippen LogP contribution in [0.3, 0.4) is 0 Å². The third-order valence-electron chi connectivity index (χ3n) is 3.32. The van der Waals surface area contributed by atoms with Crippen LogP contribution in [0.1, 0.15) is 24.8 Å². The molecule has 1 aromatic carbocycles. The Kier molecular flexibility index (Phi) is 5.27. The van der Waals surface area contributed by atoms with E-state index in [0.29, 0.717) is 0 Å². The van der Waals surface area contributed by atoms with E-state index in [4.69, 9.17) is 10.6 Å². The lowest BCUT2D eigenvalue weighted by molar-refractivity contribution is 0.106. The Balaban J connectivity index is 1.97. The highest BCUT2D eigenvalue weighted by Gasteiger charge is 2.13. The van der Waals surface area contributed by atoms with Gasteiger partial charge in [0.1, 0.15) is 0 Å². The van der Waals surface area contributed by atoms with E-state index in [2.05, 4.69) is 23.4 Å². The molecular formula is C14H21N3OS. The number of hydrazine groups is 1. The average Bonchev–Trinajstić information content (AvgIpc) is 2.85. The summed E-state index contributed by atoms with van der Waals surface area (Å²) in [5, 5.41) is 1.13. The summed E-state index contributed by atoms with van der Waals surface area (Å²) < 4.78 is 6.50. The van der Waals surface area contributed by atoms with E-state index in [-0.39, 0.29) is 12.1 Å². The summed E-state index contributed by atoms with van der Waals surface area (Å²) in [6.07, 6.45) is 3.12. The zero-order valence-electron chi connectivity index (χ0n) is 11.4. The van der Waals surface area contributed by atoms with Crippen molar-refractivity contribution in [3.8, 4) is 0 Å². The standard InChI is InChI=1S/C14H21N3OS/c1-10(18-2)7-8-11(17-15)9-14-16-12-5-3-4-6-13(12)19-14/h3-6,10-11,17H,7-9,15H2,1-2H3. The topological polar surface area (TPSA) is 60.2 Å². The normalized spacial score (nSPS) is 14.7. The van der Waals surface area contributed by atoms with Gasteiger partial charge in [-0.25, -0.2) is 4.98 Å². The summed E-state index contributed by atoms with van der Waals surface area (Å²) in [6.45, 7) is 2.07. The van der Waals surface area contributed by atoms with Crippen molar-refractivity contribution in [1.29, 1.82) is 0 Å². The Labute approximate surface area is 118 Å². The van der Waals surface area contributed by atoms with Crippen molar-refractivity contribution in [2.24, 2.45) is 5.84 Å². The number of fused-ring (bicyclic) bond motifs is 1. The molecule has 0 fully saturated rings. The molecule has 5 heteroatoms. The molecule has 0 amide bonds. The molecule has 0 bridgehead atoms. The van der Waals surface area contributed by atoms with Gasteiger partial charge in [0.05, 0.1) is 21.3 Å². The molecular weight excluding hydrogens is 258 g/mol. The molecule has 3 N–H and O–H groups in total. The predicted molar refractivity (Wildman–Crippen MR) is 80.1 cm³/mol. The molecule has 0 saturated heterocycles. The zero-order chi connectivity index (χ0) is 13.7. The van der Waals surface area contributed by atoms with E-state index in [9.17, 15) is 0 Å². The fourth-order valence-electron chi connectivity index (χ4n) is 2.02. The number of hydrogen-bond donors (Lipinski definition) is 2. The molecule has 2 aromatic rings. The number of rotatable bonds is 7. The molecule has 1 aromatic heterocycles. The molecule has 19 heavy (non-hydrogen) atoms. The lowest BCUT2D eigenvalue weighted by atomic mass is 10.1. The minimum atomic E-state index is 0.248. The number of nitrogens with two attached hydrogens (primary N) is 1. The van der Waals surface area contributed by atoms with Gasteiger partial charge in [0, 0.05) is 19.6 Å². The van der Waals surface area contributed by atoms with Crippen LogP contribution in [0.25, 0.3) is 10.2 Å². The Bertz CT molecular complexity index is 481. The summed E-state index contributed by atoms with van der Waals surface area (Å²) in [4.78, 5) is 4.64. The summed E-state index contributed by atoms with van der Waals surface area (Å²) >= 11 is 1.74. The van der Waals surface area contributed by atoms with Crippen molar-refractivity contribution in [1.82, 2.24) is 10.4 Å². The maximum atomic E-state index is 5.63. The number of aromatic nitrogens is 1. The van der Waals surface area contributed by atoms with Gasteiger partial charge >= 0.3 is 0 Å². The minimum absolute atomic E-state index is 0.248. The lowest BCUT2D eigenvalue weighted by Gasteiger charge is -2.16. The van der Waals surface area contributed by atoms with Crippen molar-refractivity contribution < 1.29 is 4.74 Å². The fourth-order valence-corrected chi connectivity index (χ4v) is 3.06. The van der Waals surface area contributed by atoms with E-state index in [1.54, 1.807) is 18.4 Å². The van der Waals surface area contributed by atoms with Gasteiger partial charge in [0.25, 0.3) is 0 Å². The van der Waals surface area contributed by atoms with Gasteiger partial charge in [-0.2, -0.15) is 0 Å². The van der Waals surface area contributed by atoms with Gasteiger partial charge in [0.2, 0.25) is 0 Å². The fraction of sp³-hybridized carbons (Fsp3) is 0.500. The van der Waals surface area contributed by atoms with Crippen LogP contribution >= 0.6 is 11.3 Å². The van der Waals surface area contributed by atoms with E-state index >= 15 is 0 Å². The van der Waals surface area contributed by atoms with Crippen LogP contribution in [0.4, 0.5) is 0 Å². The summed E-state index contributed by atoms with van der Waals surface area (Å²) in [6, 6.07) is 8.47. The predicted octanol–water partition coefficient (Wildman–Crippen LogP) is 2.49. The van der Waals surface area contributed by atoms with Crippen LogP contribution in [-0.4, -0.2) is 24.2 Å². The second-order valence-corrected chi connectivity index (χ2v) is 5.88. The van der Waals surface area contributed by atoms with Crippen molar-refractivity contribution in [2.45, 2.75) is 38.3 Å². The number of ether oxygens (including phenoxy) is 1. The molecule has 4 nitrogen and oxygen atoms in total. The van der Waals surface area contributed by atoms with Gasteiger partial charge in [-0.3, -0.25) is 11.3 Å². The molecule has 0 aliphatic rings. The molecule has 0 radical (unpaired) electrons. The molecule has 0 aliphatic carbocycles. The van der Waals surface area contributed by atoms with Gasteiger partial charge in [0.15, 0.2) is 0 Å². The molecule has 0 spiro atoms. The first-order chi connectivity index (χ1) is 9.22. The number of para-hydroxylation sites is 1. The first-order valence-electron chi connectivity index (χ1n) is 6.56. The molecule has 1 heterocycles. The largest absolute Gasteiger partial charge is 0.382 e. The van der Waals surface area contributed by atoms with Gasteiger partial charge in [-0.15, -0.1) is 11.3 Å². The van der Waals surface area contributed by atoms with Gasteiger partial charge < -0.3 is 4.74 Å². The summed E-state index contributed by atoms with van der Waals surface area (Å²) in [5.74, 6) is 5.63. The van der Waals surface area contributed by atoms with Gasteiger partial charge in [-0.1, -0.05) is 12.1 Å². The highest BCUT2D eigenvalue weighted by molar-refractivity contribution is 7.18.